The number of alkyl halides is 3. The Morgan fingerprint density at radius 2 is 1.81 bits per heavy atom. The fourth-order valence-electron chi connectivity index (χ4n) is 3.15. The van der Waals surface area contributed by atoms with Crippen molar-refractivity contribution in [3.05, 3.63) is 70.7 Å². The van der Waals surface area contributed by atoms with E-state index in [1.54, 1.807) is 23.7 Å². The minimum atomic E-state index is -4.66. The molecule has 0 N–H and O–H groups in total. The van der Waals surface area contributed by atoms with Crippen LogP contribution in [0.3, 0.4) is 0 Å². The van der Waals surface area contributed by atoms with Crippen molar-refractivity contribution in [2.45, 2.75) is 11.1 Å². The van der Waals surface area contributed by atoms with E-state index in [0.29, 0.717) is 22.4 Å². The van der Waals surface area contributed by atoms with Crippen molar-refractivity contribution in [3.63, 3.8) is 0 Å². The highest BCUT2D eigenvalue weighted by Gasteiger charge is 2.35. The lowest BCUT2D eigenvalue weighted by Gasteiger charge is -2.10. The first-order valence-corrected chi connectivity index (χ1v) is 11.9. The molecule has 4 rings (SSSR count). The maximum absolute atomic E-state index is 13.4. The van der Waals surface area contributed by atoms with E-state index in [2.05, 4.69) is 16.0 Å². The third-order valence-electron chi connectivity index (χ3n) is 4.69. The molecule has 0 bridgehead atoms. The van der Waals surface area contributed by atoms with Crippen LogP contribution in [0.5, 0.6) is 0 Å². The van der Waals surface area contributed by atoms with Crippen molar-refractivity contribution in [2.24, 2.45) is 0 Å². The lowest BCUT2D eigenvalue weighted by Crippen LogP contribution is -2.07. The molecule has 2 heterocycles. The molecule has 0 aliphatic rings. The number of terminal acetylenes is 1. The molecule has 0 radical (unpaired) electrons. The van der Waals surface area contributed by atoms with E-state index in [1.165, 1.54) is 35.6 Å². The van der Waals surface area contributed by atoms with E-state index < -0.39 is 21.7 Å². The second-order valence-corrected chi connectivity index (χ2v) is 9.60. The first-order chi connectivity index (χ1) is 15.1. The van der Waals surface area contributed by atoms with Crippen LogP contribution in [0.1, 0.15) is 11.3 Å². The van der Waals surface area contributed by atoms with Crippen LogP contribution >= 0.6 is 11.3 Å². The van der Waals surface area contributed by atoms with Gasteiger partial charge in [0.25, 0.3) is 0 Å². The van der Waals surface area contributed by atoms with Gasteiger partial charge in [0, 0.05) is 28.3 Å². The molecule has 10 heteroatoms. The number of thiazole rings is 1. The zero-order chi connectivity index (χ0) is 23.1. The molecule has 0 unspecified atom stereocenters. The Kier molecular flexibility index (Phi) is 5.40. The SMILES string of the molecule is C#Cc1cc(-c2cc(C(F)(F)F)nn2-c2ccc(S(C)(=O)=O)cc2)ccc1-c1cscn1. The maximum atomic E-state index is 13.4. The maximum Gasteiger partial charge on any atom is 0.435 e. The van der Waals surface area contributed by atoms with Gasteiger partial charge in [-0.05, 0) is 36.4 Å². The molecule has 2 aromatic heterocycles. The number of aromatic nitrogens is 3. The molecule has 0 aliphatic carbocycles. The van der Waals surface area contributed by atoms with Gasteiger partial charge in [-0.2, -0.15) is 18.3 Å². The number of sulfone groups is 1. The van der Waals surface area contributed by atoms with Crippen molar-refractivity contribution in [1.82, 2.24) is 14.8 Å². The second kappa shape index (κ2) is 7.93. The quantitative estimate of drug-likeness (QED) is 0.389. The van der Waals surface area contributed by atoms with Crippen LogP contribution in [-0.4, -0.2) is 29.4 Å². The molecule has 0 saturated heterocycles. The smallest absolute Gasteiger partial charge is 0.245 e. The van der Waals surface area contributed by atoms with E-state index >= 15 is 0 Å². The molecule has 0 spiro atoms. The highest BCUT2D eigenvalue weighted by molar-refractivity contribution is 7.90. The number of hydrogen-bond acceptors (Lipinski definition) is 5. The monoisotopic (exact) mass is 473 g/mol. The zero-order valence-electron chi connectivity index (χ0n) is 16.5. The van der Waals surface area contributed by atoms with Gasteiger partial charge < -0.3 is 0 Å². The Hall–Kier alpha value is -3.42. The summed E-state index contributed by atoms with van der Waals surface area (Å²) in [5.41, 5.74) is 3.28. The molecule has 0 fully saturated rings. The van der Waals surface area contributed by atoms with Gasteiger partial charge in [-0.1, -0.05) is 18.1 Å². The van der Waals surface area contributed by atoms with Crippen LogP contribution in [0.15, 0.2) is 64.3 Å². The fraction of sp³-hybridized carbons (Fsp3) is 0.0909. The third kappa shape index (κ3) is 4.17. The van der Waals surface area contributed by atoms with Crippen molar-refractivity contribution < 1.29 is 21.6 Å². The lowest BCUT2D eigenvalue weighted by atomic mass is 10.0. The highest BCUT2D eigenvalue weighted by atomic mass is 32.2. The average Bonchev–Trinajstić information content (AvgIpc) is 3.43. The lowest BCUT2D eigenvalue weighted by molar-refractivity contribution is -0.141. The van der Waals surface area contributed by atoms with Crippen molar-refractivity contribution in [2.75, 3.05) is 6.26 Å². The van der Waals surface area contributed by atoms with Crippen molar-refractivity contribution >= 4 is 21.2 Å². The van der Waals surface area contributed by atoms with Gasteiger partial charge in [-0.15, -0.1) is 17.8 Å². The van der Waals surface area contributed by atoms with Crippen LogP contribution in [0, 0.1) is 12.3 Å². The minimum Gasteiger partial charge on any atom is -0.245 e. The van der Waals surface area contributed by atoms with Crippen LogP contribution in [0.2, 0.25) is 0 Å². The van der Waals surface area contributed by atoms with Crippen LogP contribution in [0.4, 0.5) is 13.2 Å². The molecule has 0 amide bonds. The Bertz CT molecular complexity index is 1430. The van der Waals surface area contributed by atoms with Gasteiger partial charge in [-0.25, -0.2) is 18.1 Å². The second-order valence-electron chi connectivity index (χ2n) is 6.87. The van der Waals surface area contributed by atoms with E-state index in [4.69, 9.17) is 6.42 Å². The standard InChI is InChI=1S/C22H14F3N3O2S2/c1-3-14-10-15(4-9-18(14)19-12-31-13-26-19)20-11-21(22(23,24)25)27-28(20)16-5-7-17(8-6-16)32(2,29)30/h1,4-13H,2H3. The molecule has 4 aromatic rings. The minimum absolute atomic E-state index is 0.0493. The van der Waals surface area contributed by atoms with E-state index in [-0.39, 0.29) is 16.3 Å². The van der Waals surface area contributed by atoms with Gasteiger partial charge in [0.15, 0.2) is 15.5 Å². The Morgan fingerprint density at radius 3 is 2.38 bits per heavy atom. The zero-order valence-corrected chi connectivity index (χ0v) is 18.1. The Morgan fingerprint density at radius 1 is 1.09 bits per heavy atom. The fourth-order valence-corrected chi connectivity index (χ4v) is 4.33. The summed E-state index contributed by atoms with van der Waals surface area (Å²) in [7, 11) is -3.45. The van der Waals surface area contributed by atoms with Gasteiger partial charge in [0.2, 0.25) is 0 Å². The van der Waals surface area contributed by atoms with Gasteiger partial charge in [0.05, 0.1) is 27.5 Å². The number of hydrogen-bond donors (Lipinski definition) is 0. The summed E-state index contributed by atoms with van der Waals surface area (Å²) in [6, 6.07) is 11.3. The van der Waals surface area contributed by atoms with Crippen LogP contribution in [0.25, 0.3) is 28.2 Å². The Labute approximate surface area is 186 Å². The van der Waals surface area contributed by atoms with E-state index in [9.17, 15) is 21.6 Å². The first kappa shape index (κ1) is 21.8. The number of rotatable bonds is 4. The normalized spacial score (nSPS) is 12.0. The topological polar surface area (TPSA) is 64.8 Å². The van der Waals surface area contributed by atoms with Crippen LogP contribution in [-0.2, 0) is 16.0 Å². The molecule has 0 aliphatic heterocycles. The predicted octanol–water partition coefficient (Wildman–Crippen LogP) is 5.07. The average molecular weight is 474 g/mol. The molecule has 2 aromatic carbocycles. The van der Waals surface area contributed by atoms with Gasteiger partial charge in [-0.3, -0.25) is 0 Å². The third-order valence-corrected chi connectivity index (χ3v) is 6.40. The summed E-state index contributed by atoms with van der Waals surface area (Å²) < 4.78 is 64.8. The summed E-state index contributed by atoms with van der Waals surface area (Å²) >= 11 is 1.40. The summed E-state index contributed by atoms with van der Waals surface area (Å²) in [5.74, 6) is 2.56. The van der Waals surface area contributed by atoms with E-state index in [1.807, 2.05) is 5.38 Å². The van der Waals surface area contributed by atoms with Gasteiger partial charge in [0.1, 0.15) is 0 Å². The summed E-state index contributed by atoms with van der Waals surface area (Å²) in [4.78, 5) is 4.28. The summed E-state index contributed by atoms with van der Waals surface area (Å²) in [6.07, 6.45) is 2.04. The largest absolute Gasteiger partial charge is 0.435 e. The number of benzene rings is 2. The summed E-state index contributed by atoms with van der Waals surface area (Å²) in [6.45, 7) is 0. The van der Waals surface area contributed by atoms with Crippen molar-refractivity contribution in [1.29, 1.82) is 0 Å². The molecule has 5 nitrogen and oxygen atoms in total. The van der Waals surface area contributed by atoms with Crippen molar-refractivity contribution in [3.8, 4) is 40.5 Å². The molecular weight excluding hydrogens is 459 g/mol. The molecule has 162 valence electrons. The van der Waals surface area contributed by atoms with Gasteiger partial charge >= 0.3 is 6.18 Å². The van der Waals surface area contributed by atoms with E-state index in [0.717, 1.165) is 17.0 Å². The number of nitrogens with zero attached hydrogens (tertiary/aromatic N) is 3. The summed E-state index contributed by atoms with van der Waals surface area (Å²) in [5, 5.41) is 5.55. The highest BCUT2D eigenvalue weighted by Crippen LogP contribution is 2.35. The Balaban J connectivity index is 1.88. The first-order valence-electron chi connectivity index (χ1n) is 9.05. The predicted molar refractivity (Wildman–Crippen MR) is 116 cm³/mol. The molecule has 32 heavy (non-hydrogen) atoms. The molecular formula is C22H14F3N3O2S2. The number of halogens is 3. The molecule has 0 atom stereocenters. The van der Waals surface area contributed by atoms with Crippen LogP contribution < -0.4 is 0 Å². The molecule has 0 saturated carbocycles.